The number of carbonyl (C=O) groups is 3. The summed E-state index contributed by atoms with van der Waals surface area (Å²) in [4.78, 5) is 34.7. The van der Waals surface area contributed by atoms with Crippen LogP contribution in [0.3, 0.4) is 0 Å². The van der Waals surface area contributed by atoms with Gasteiger partial charge in [-0.1, -0.05) is 6.92 Å². The predicted molar refractivity (Wildman–Crippen MR) is 68.7 cm³/mol. The Kier molecular flexibility index (Phi) is 8.32. The zero-order chi connectivity index (χ0) is 14.8. The van der Waals surface area contributed by atoms with Gasteiger partial charge in [-0.3, -0.25) is 9.59 Å². The summed E-state index contributed by atoms with van der Waals surface area (Å²) >= 11 is 0. The van der Waals surface area contributed by atoms with E-state index in [4.69, 9.17) is 5.11 Å². The minimum atomic E-state index is -0.920. The van der Waals surface area contributed by atoms with E-state index in [0.717, 1.165) is 0 Å². The average molecular weight is 274 g/mol. The number of nitrogens with one attached hydrogen (secondary N) is 1. The summed E-state index contributed by atoms with van der Waals surface area (Å²) in [6.45, 7) is 2.27. The van der Waals surface area contributed by atoms with Crippen molar-refractivity contribution >= 4 is 18.0 Å². The molecular formula is C12H22N2O5. The molecule has 0 aromatic heterocycles. The van der Waals surface area contributed by atoms with Crippen molar-refractivity contribution in [2.24, 2.45) is 5.92 Å². The van der Waals surface area contributed by atoms with Gasteiger partial charge in [0.25, 0.3) is 0 Å². The molecule has 2 N–H and O–H groups in total. The molecule has 19 heavy (non-hydrogen) atoms. The van der Waals surface area contributed by atoms with E-state index in [1.165, 1.54) is 12.0 Å². The van der Waals surface area contributed by atoms with Crippen LogP contribution in [0.25, 0.3) is 0 Å². The Labute approximate surface area is 112 Å². The maximum absolute atomic E-state index is 11.6. The summed E-state index contributed by atoms with van der Waals surface area (Å²) in [6, 6.07) is -0.343. The zero-order valence-electron chi connectivity index (χ0n) is 11.6. The predicted octanol–water partition coefficient (Wildman–Crippen LogP) is 0.692. The number of rotatable bonds is 8. The number of ether oxygens (including phenoxy) is 1. The molecule has 0 bridgehead atoms. The molecule has 0 aromatic carbocycles. The van der Waals surface area contributed by atoms with Gasteiger partial charge in [0.15, 0.2) is 0 Å². The van der Waals surface area contributed by atoms with Gasteiger partial charge in [0.05, 0.1) is 13.0 Å². The second kappa shape index (κ2) is 9.18. The number of esters is 1. The molecule has 0 heterocycles. The van der Waals surface area contributed by atoms with Gasteiger partial charge in [0.1, 0.15) is 0 Å². The Bertz CT molecular complexity index is 319. The van der Waals surface area contributed by atoms with Crippen LogP contribution < -0.4 is 5.32 Å². The normalized spacial score (nSPS) is 11.5. The largest absolute Gasteiger partial charge is 0.481 e. The van der Waals surface area contributed by atoms with Gasteiger partial charge < -0.3 is 20.1 Å². The van der Waals surface area contributed by atoms with Crippen LogP contribution in [-0.2, 0) is 14.3 Å². The lowest BCUT2D eigenvalue weighted by atomic mass is 10.1. The van der Waals surface area contributed by atoms with E-state index >= 15 is 0 Å². The minimum Gasteiger partial charge on any atom is -0.481 e. The topological polar surface area (TPSA) is 95.9 Å². The third-order valence-corrected chi connectivity index (χ3v) is 2.79. The van der Waals surface area contributed by atoms with Crippen molar-refractivity contribution in [2.75, 3.05) is 27.2 Å². The van der Waals surface area contributed by atoms with Gasteiger partial charge in [-0.05, 0) is 12.8 Å². The molecule has 1 unspecified atom stereocenters. The molecule has 0 saturated carbocycles. The first-order valence-electron chi connectivity index (χ1n) is 6.20. The van der Waals surface area contributed by atoms with E-state index in [1.54, 1.807) is 14.0 Å². The average Bonchev–Trinajstić information content (AvgIpc) is 2.38. The molecule has 0 aliphatic rings. The van der Waals surface area contributed by atoms with Gasteiger partial charge in [-0.15, -0.1) is 0 Å². The molecule has 7 heteroatoms. The molecule has 0 spiro atoms. The smallest absolute Gasteiger partial charge is 0.317 e. The van der Waals surface area contributed by atoms with Crippen molar-refractivity contribution in [3.8, 4) is 0 Å². The first-order valence-corrected chi connectivity index (χ1v) is 6.20. The quantitative estimate of drug-likeness (QED) is 0.635. The third-order valence-electron chi connectivity index (χ3n) is 2.79. The molecule has 2 amide bonds. The lowest BCUT2D eigenvalue weighted by molar-refractivity contribution is -0.142. The highest BCUT2D eigenvalue weighted by molar-refractivity contribution is 5.76. The van der Waals surface area contributed by atoms with E-state index in [0.29, 0.717) is 19.4 Å². The number of hydrogen-bond donors (Lipinski definition) is 2. The third kappa shape index (κ3) is 7.28. The highest BCUT2D eigenvalue weighted by Crippen LogP contribution is 2.01. The second-order valence-electron chi connectivity index (χ2n) is 4.23. The first kappa shape index (κ1) is 17.2. The fourth-order valence-electron chi connectivity index (χ4n) is 1.42. The Hall–Kier alpha value is -1.79. The fourth-order valence-corrected chi connectivity index (χ4v) is 1.42. The minimum absolute atomic E-state index is 0.103. The Morgan fingerprint density at radius 2 is 2.00 bits per heavy atom. The molecule has 0 aliphatic carbocycles. The van der Waals surface area contributed by atoms with Crippen molar-refractivity contribution < 1.29 is 24.2 Å². The van der Waals surface area contributed by atoms with Crippen LogP contribution in [0.4, 0.5) is 4.79 Å². The lowest BCUT2D eigenvalue weighted by Gasteiger charge is -2.19. The Balaban J connectivity index is 3.93. The number of amides is 2. The molecule has 0 rings (SSSR count). The second-order valence-corrected chi connectivity index (χ2v) is 4.23. The SMILES string of the molecule is CCC(CNC(=O)N(C)CCCC(=O)OC)C(=O)O. The monoisotopic (exact) mass is 274 g/mol. The van der Waals surface area contributed by atoms with Crippen molar-refractivity contribution in [2.45, 2.75) is 26.2 Å². The maximum Gasteiger partial charge on any atom is 0.317 e. The molecule has 0 aliphatic heterocycles. The standard InChI is InChI=1S/C12H22N2O5/c1-4-9(11(16)17)8-13-12(18)14(2)7-5-6-10(15)19-3/h9H,4-8H2,1-3H3,(H,13,18)(H,16,17). The van der Waals surface area contributed by atoms with E-state index in [2.05, 4.69) is 10.1 Å². The highest BCUT2D eigenvalue weighted by atomic mass is 16.5. The molecule has 110 valence electrons. The van der Waals surface area contributed by atoms with E-state index in [9.17, 15) is 14.4 Å². The fraction of sp³-hybridized carbons (Fsp3) is 0.750. The van der Waals surface area contributed by atoms with Gasteiger partial charge >= 0.3 is 18.0 Å². The molecule has 1 atom stereocenters. The number of hydrogen-bond acceptors (Lipinski definition) is 4. The van der Waals surface area contributed by atoms with Gasteiger partial charge in [-0.25, -0.2) is 4.79 Å². The van der Waals surface area contributed by atoms with Crippen LogP contribution in [0.15, 0.2) is 0 Å². The van der Waals surface area contributed by atoms with Gasteiger partial charge in [-0.2, -0.15) is 0 Å². The van der Waals surface area contributed by atoms with Crippen molar-refractivity contribution in [3.63, 3.8) is 0 Å². The van der Waals surface area contributed by atoms with Gasteiger partial charge in [0.2, 0.25) is 0 Å². The van der Waals surface area contributed by atoms with Crippen molar-refractivity contribution in [1.29, 1.82) is 0 Å². The van der Waals surface area contributed by atoms with E-state index in [-0.39, 0.29) is 25.0 Å². The number of aliphatic carboxylic acids is 1. The van der Waals surface area contributed by atoms with Crippen molar-refractivity contribution in [3.05, 3.63) is 0 Å². The number of urea groups is 1. The summed E-state index contributed by atoms with van der Waals surface area (Å²) < 4.78 is 4.49. The molecule has 0 fully saturated rings. The number of carboxylic acids is 1. The van der Waals surface area contributed by atoms with Crippen LogP contribution in [0.5, 0.6) is 0 Å². The number of methoxy groups -OCH3 is 1. The Morgan fingerprint density at radius 3 is 2.47 bits per heavy atom. The first-order chi connectivity index (χ1) is 8.92. The van der Waals surface area contributed by atoms with Crippen LogP contribution in [0.1, 0.15) is 26.2 Å². The summed E-state index contributed by atoms with van der Waals surface area (Å²) in [5, 5.41) is 11.4. The Morgan fingerprint density at radius 1 is 1.37 bits per heavy atom. The maximum atomic E-state index is 11.6. The summed E-state index contributed by atoms with van der Waals surface area (Å²) in [7, 11) is 2.91. The van der Waals surface area contributed by atoms with E-state index in [1.807, 2.05) is 0 Å². The van der Waals surface area contributed by atoms with E-state index < -0.39 is 11.9 Å². The molecule has 0 radical (unpaired) electrons. The summed E-state index contributed by atoms with van der Waals surface area (Å²) in [5.74, 6) is -1.81. The molecule has 0 aromatic rings. The lowest BCUT2D eigenvalue weighted by Crippen LogP contribution is -2.41. The summed E-state index contributed by atoms with van der Waals surface area (Å²) in [6.07, 6.45) is 1.22. The van der Waals surface area contributed by atoms with Crippen LogP contribution >= 0.6 is 0 Å². The van der Waals surface area contributed by atoms with Gasteiger partial charge in [0, 0.05) is 26.6 Å². The molecular weight excluding hydrogens is 252 g/mol. The molecule has 0 saturated heterocycles. The highest BCUT2D eigenvalue weighted by Gasteiger charge is 2.17. The zero-order valence-corrected chi connectivity index (χ0v) is 11.6. The van der Waals surface area contributed by atoms with Crippen LogP contribution in [-0.4, -0.2) is 55.2 Å². The van der Waals surface area contributed by atoms with Crippen LogP contribution in [0.2, 0.25) is 0 Å². The molecule has 7 nitrogen and oxygen atoms in total. The number of carboxylic acid groups (broad SMARTS) is 1. The number of carbonyl (C=O) groups excluding carboxylic acids is 2. The van der Waals surface area contributed by atoms with Crippen LogP contribution in [0, 0.1) is 5.92 Å². The van der Waals surface area contributed by atoms with Crippen molar-refractivity contribution in [1.82, 2.24) is 10.2 Å². The number of nitrogens with zero attached hydrogens (tertiary/aromatic N) is 1. The summed E-state index contributed by atoms with van der Waals surface area (Å²) in [5.41, 5.74) is 0.